The molecule has 0 aliphatic carbocycles. The van der Waals surface area contributed by atoms with Crippen molar-refractivity contribution in [3.05, 3.63) is 35.1 Å². The molecule has 17 heavy (non-hydrogen) atoms. The van der Waals surface area contributed by atoms with E-state index in [0.29, 0.717) is 0 Å². The molecule has 3 nitrogen and oxygen atoms in total. The van der Waals surface area contributed by atoms with Gasteiger partial charge in [0.1, 0.15) is 0 Å². The minimum Gasteiger partial charge on any atom is -0.303 e. The van der Waals surface area contributed by atoms with Gasteiger partial charge in [0.15, 0.2) is 10.6 Å². The average molecular weight is 247 g/mol. The Bertz CT molecular complexity index is 540. The molecule has 1 aromatic carbocycles. The molecule has 0 aliphatic heterocycles. The lowest BCUT2D eigenvalue weighted by Crippen LogP contribution is -2.00. The highest BCUT2D eigenvalue weighted by molar-refractivity contribution is 7.71. The fourth-order valence-corrected chi connectivity index (χ4v) is 2.00. The van der Waals surface area contributed by atoms with Gasteiger partial charge in [0.05, 0.1) is 0 Å². The van der Waals surface area contributed by atoms with E-state index in [1.165, 1.54) is 0 Å². The van der Waals surface area contributed by atoms with Crippen LogP contribution in [0.3, 0.4) is 0 Å². The number of benzene rings is 1. The van der Waals surface area contributed by atoms with Crippen LogP contribution in [0, 0.1) is 4.77 Å². The fraction of sp³-hybridized carbons (Fsp3) is 0.385. The number of aryl methyl sites for hydroxylation is 1. The van der Waals surface area contributed by atoms with Gasteiger partial charge >= 0.3 is 0 Å². The number of unbranched alkanes of at least 4 members (excludes halogenated alkanes) is 1. The van der Waals surface area contributed by atoms with Crippen molar-refractivity contribution in [2.75, 3.05) is 0 Å². The Morgan fingerprint density at radius 2 is 1.94 bits per heavy atom. The molecule has 0 bridgehead atoms. The minimum absolute atomic E-state index is 0.789. The molecule has 0 N–H and O–H groups in total. The first kappa shape index (κ1) is 12.0. The SMILES string of the molecule is CCCCn1nc(-c2ccccc2)n(C)c1=S. The topological polar surface area (TPSA) is 22.8 Å². The third kappa shape index (κ3) is 2.47. The second-order valence-electron chi connectivity index (χ2n) is 4.11. The summed E-state index contributed by atoms with van der Waals surface area (Å²) in [7, 11) is 1.97. The van der Waals surface area contributed by atoms with Gasteiger partial charge in [0.25, 0.3) is 0 Å². The van der Waals surface area contributed by atoms with Gasteiger partial charge in [0.2, 0.25) is 0 Å². The van der Waals surface area contributed by atoms with Crippen molar-refractivity contribution in [2.45, 2.75) is 26.3 Å². The molecule has 1 aromatic heterocycles. The first-order chi connectivity index (χ1) is 8.24. The van der Waals surface area contributed by atoms with Crippen LogP contribution in [0.1, 0.15) is 19.8 Å². The van der Waals surface area contributed by atoms with Gasteiger partial charge < -0.3 is 4.57 Å². The summed E-state index contributed by atoms with van der Waals surface area (Å²) >= 11 is 5.39. The van der Waals surface area contributed by atoms with Crippen LogP contribution < -0.4 is 0 Å². The van der Waals surface area contributed by atoms with Gasteiger partial charge in [0, 0.05) is 19.2 Å². The molecule has 2 aromatic rings. The van der Waals surface area contributed by atoms with Crippen molar-refractivity contribution in [1.29, 1.82) is 0 Å². The Labute approximate surface area is 107 Å². The van der Waals surface area contributed by atoms with E-state index in [2.05, 4.69) is 24.2 Å². The summed E-state index contributed by atoms with van der Waals surface area (Å²) in [5.41, 5.74) is 1.11. The summed E-state index contributed by atoms with van der Waals surface area (Å²) in [6.07, 6.45) is 2.26. The molecule has 4 heteroatoms. The van der Waals surface area contributed by atoms with Crippen molar-refractivity contribution >= 4 is 12.2 Å². The monoisotopic (exact) mass is 247 g/mol. The standard InChI is InChI=1S/C13H17N3S/c1-3-4-10-16-13(17)15(2)12(14-16)11-8-6-5-7-9-11/h5-9H,3-4,10H2,1-2H3. The number of rotatable bonds is 4. The lowest BCUT2D eigenvalue weighted by atomic mass is 10.2. The summed E-state index contributed by atoms with van der Waals surface area (Å²) in [4.78, 5) is 0. The largest absolute Gasteiger partial charge is 0.303 e. The van der Waals surface area contributed by atoms with Crippen molar-refractivity contribution in [3.63, 3.8) is 0 Å². The van der Waals surface area contributed by atoms with E-state index >= 15 is 0 Å². The summed E-state index contributed by atoms with van der Waals surface area (Å²) in [5.74, 6) is 0.937. The molecule has 0 amide bonds. The first-order valence-electron chi connectivity index (χ1n) is 5.93. The van der Waals surface area contributed by atoms with Gasteiger partial charge in [-0.25, -0.2) is 4.68 Å². The van der Waals surface area contributed by atoms with Crippen LogP contribution in [0.15, 0.2) is 30.3 Å². The number of nitrogens with zero attached hydrogens (tertiary/aromatic N) is 3. The zero-order valence-electron chi connectivity index (χ0n) is 10.3. The molecule has 0 saturated heterocycles. The van der Waals surface area contributed by atoms with Gasteiger partial charge in [-0.3, -0.25) is 0 Å². The number of hydrogen-bond acceptors (Lipinski definition) is 2. The van der Waals surface area contributed by atoms with E-state index in [1.807, 2.05) is 34.5 Å². The van der Waals surface area contributed by atoms with Gasteiger partial charge in [-0.2, -0.15) is 5.10 Å². The average Bonchev–Trinajstić information content (AvgIpc) is 2.65. The Hall–Kier alpha value is -1.42. The second-order valence-corrected chi connectivity index (χ2v) is 4.47. The zero-order chi connectivity index (χ0) is 12.3. The molecule has 2 rings (SSSR count). The van der Waals surface area contributed by atoms with Crippen molar-refractivity contribution in [1.82, 2.24) is 14.3 Å². The zero-order valence-corrected chi connectivity index (χ0v) is 11.1. The van der Waals surface area contributed by atoms with Crippen molar-refractivity contribution in [2.24, 2.45) is 7.05 Å². The van der Waals surface area contributed by atoms with Crippen molar-refractivity contribution in [3.8, 4) is 11.4 Å². The fourth-order valence-electron chi connectivity index (χ4n) is 1.78. The maximum atomic E-state index is 5.39. The van der Waals surface area contributed by atoms with Gasteiger partial charge in [-0.1, -0.05) is 43.7 Å². The molecule has 0 saturated carbocycles. The maximum absolute atomic E-state index is 5.39. The van der Waals surface area contributed by atoms with Gasteiger partial charge in [-0.15, -0.1) is 0 Å². The Kier molecular flexibility index (Phi) is 3.74. The normalized spacial score (nSPS) is 10.7. The highest BCUT2D eigenvalue weighted by Gasteiger charge is 2.08. The summed E-state index contributed by atoms with van der Waals surface area (Å²) in [6.45, 7) is 3.07. The minimum atomic E-state index is 0.789. The Balaban J connectivity index is 2.40. The van der Waals surface area contributed by atoms with Crippen LogP contribution in [0.5, 0.6) is 0 Å². The van der Waals surface area contributed by atoms with Gasteiger partial charge in [-0.05, 0) is 18.6 Å². The Morgan fingerprint density at radius 1 is 1.24 bits per heavy atom. The molecular formula is C13H17N3S. The molecule has 0 radical (unpaired) electrons. The molecule has 0 atom stereocenters. The molecule has 1 heterocycles. The van der Waals surface area contributed by atoms with E-state index in [4.69, 9.17) is 12.2 Å². The van der Waals surface area contributed by atoms with E-state index in [9.17, 15) is 0 Å². The smallest absolute Gasteiger partial charge is 0.197 e. The highest BCUT2D eigenvalue weighted by Crippen LogP contribution is 2.16. The number of aromatic nitrogens is 3. The molecule has 0 aliphatic rings. The van der Waals surface area contributed by atoms with Crippen LogP contribution in [-0.4, -0.2) is 14.3 Å². The molecule has 0 unspecified atom stereocenters. The van der Waals surface area contributed by atoms with Crippen LogP contribution in [0.25, 0.3) is 11.4 Å². The van der Waals surface area contributed by atoms with Crippen LogP contribution in [-0.2, 0) is 13.6 Å². The highest BCUT2D eigenvalue weighted by atomic mass is 32.1. The quantitative estimate of drug-likeness (QED) is 0.773. The Morgan fingerprint density at radius 3 is 2.59 bits per heavy atom. The van der Waals surface area contributed by atoms with E-state index in [1.54, 1.807) is 0 Å². The summed E-state index contributed by atoms with van der Waals surface area (Å²) in [6, 6.07) is 10.2. The predicted molar refractivity (Wildman–Crippen MR) is 72.4 cm³/mol. The summed E-state index contributed by atoms with van der Waals surface area (Å²) < 4.78 is 4.68. The van der Waals surface area contributed by atoms with Crippen LogP contribution in [0.4, 0.5) is 0 Å². The molecule has 0 fully saturated rings. The van der Waals surface area contributed by atoms with E-state index < -0.39 is 0 Å². The van der Waals surface area contributed by atoms with Crippen LogP contribution in [0.2, 0.25) is 0 Å². The molecular weight excluding hydrogens is 230 g/mol. The van der Waals surface area contributed by atoms with Crippen molar-refractivity contribution < 1.29 is 0 Å². The van der Waals surface area contributed by atoms with E-state index in [0.717, 1.165) is 35.5 Å². The predicted octanol–water partition coefficient (Wildman–Crippen LogP) is 3.42. The lowest BCUT2D eigenvalue weighted by Gasteiger charge is -1.98. The lowest BCUT2D eigenvalue weighted by molar-refractivity contribution is 0.561. The first-order valence-corrected chi connectivity index (χ1v) is 6.34. The summed E-state index contributed by atoms with van der Waals surface area (Å²) in [5, 5.41) is 4.59. The molecule has 0 spiro atoms. The maximum Gasteiger partial charge on any atom is 0.197 e. The number of hydrogen-bond donors (Lipinski definition) is 0. The van der Waals surface area contributed by atoms with E-state index in [-0.39, 0.29) is 0 Å². The molecule has 90 valence electrons. The van der Waals surface area contributed by atoms with Crippen LogP contribution >= 0.6 is 12.2 Å². The second kappa shape index (κ2) is 5.27. The third-order valence-electron chi connectivity index (χ3n) is 2.80. The third-order valence-corrected chi connectivity index (χ3v) is 3.28.